The van der Waals surface area contributed by atoms with Crippen molar-refractivity contribution in [3.63, 3.8) is 0 Å². The van der Waals surface area contributed by atoms with Crippen LogP contribution in [0.5, 0.6) is 0 Å². The van der Waals surface area contributed by atoms with Crippen LogP contribution in [0.15, 0.2) is 34.1 Å². The summed E-state index contributed by atoms with van der Waals surface area (Å²) in [4.78, 5) is 27.1. The molecule has 0 atom stereocenters. The maximum absolute atomic E-state index is 12.0. The maximum atomic E-state index is 12.0. The van der Waals surface area contributed by atoms with Gasteiger partial charge in [0.2, 0.25) is 5.43 Å². The Balaban J connectivity index is 2.65. The summed E-state index contributed by atoms with van der Waals surface area (Å²) in [5.74, 6) is -0.611. The first-order valence-electron chi connectivity index (χ1n) is 5.15. The molecule has 0 radical (unpaired) electrons. The molecule has 0 saturated carbocycles. The van der Waals surface area contributed by atoms with Crippen molar-refractivity contribution in [1.29, 1.82) is 0 Å². The fraction of sp³-hybridized carbons (Fsp3) is 0.167. The van der Waals surface area contributed by atoms with Crippen molar-refractivity contribution in [3.8, 4) is 0 Å². The van der Waals surface area contributed by atoms with Crippen LogP contribution in [0, 0.1) is 0 Å². The summed E-state index contributed by atoms with van der Waals surface area (Å²) in [7, 11) is 0. The Labute approximate surface area is 103 Å². The topological polar surface area (TPSA) is 59.2 Å². The number of nitrogens with one attached hydrogen (secondary N) is 1. The van der Waals surface area contributed by atoms with Gasteiger partial charge in [0.15, 0.2) is 0 Å². The van der Waals surface area contributed by atoms with Gasteiger partial charge in [0.1, 0.15) is 5.56 Å². The molecule has 0 unspecified atom stereocenters. The van der Waals surface area contributed by atoms with Gasteiger partial charge in [0.05, 0.1) is 6.61 Å². The zero-order chi connectivity index (χ0) is 12.4. The Kier molecular flexibility index (Phi) is 3.19. The fourth-order valence-electron chi connectivity index (χ4n) is 1.57. The molecule has 0 aliphatic rings. The zero-order valence-corrected chi connectivity index (χ0v) is 10.1. The lowest BCUT2D eigenvalue weighted by Crippen LogP contribution is -2.18. The van der Waals surface area contributed by atoms with Crippen molar-refractivity contribution in [2.24, 2.45) is 0 Å². The second-order valence-electron chi connectivity index (χ2n) is 3.48. The molecule has 88 valence electrons. The van der Waals surface area contributed by atoms with Gasteiger partial charge in [-0.15, -0.1) is 12.6 Å². The molecule has 0 spiro atoms. The molecule has 1 N–H and O–H groups in total. The standard InChI is InChI=1S/C12H11NO3S/c1-2-16-12(15)9-6-13-10-4-3-7(17)5-8(10)11(9)14/h3-6,17H,2H2,1H3,(H,13,14). The minimum atomic E-state index is -0.611. The van der Waals surface area contributed by atoms with Crippen LogP contribution >= 0.6 is 12.6 Å². The predicted octanol–water partition coefficient (Wildman–Crippen LogP) is 1.99. The van der Waals surface area contributed by atoms with Crippen LogP contribution in [0.4, 0.5) is 0 Å². The molecule has 2 aromatic rings. The quantitative estimate of drug-likeness (QED) is 0.632. The minimum Gasteiger partial charge on any atom is -0.462 e. The number of rotatable bonds is 2. The summed E-state index contributed by atoms with van der Waals surface area (Å²) in [6, 6.07) is 5.14. The van der Waals surface area contributed by atoms with E-state index < -0.39 is 5.97 Å². The van der Waals surface area contributed by atoms with E-state index in [1.165, 1.54) is 6.20 Å². The zero-order valence-electron chi connectivity index (χ0n) is 9.19. The van der Waals surface area contributed by atoms with Crippen LogP contribution in [0.2, 0.25) is 0 Å². The monoisotopic (exact) mass is 249 g/mol. The van der Waals surface area contributed by atoms with Crippen LogP contribution in [0.3, 0.4) is 0 Å². The van der Waals surface area contributed by atoms with Crippen LogP contribution < -0.4 is 5.43 Å². The number of ether oxygens (including phenoxy) is 1. The third kappa shape index (κ3) is 2.19. The Hall–Kier alpha value is -1.75. The van der Waals surface area contributed by atoms with Crippen molar-refractivity contribution < 1.29 is 9.53 Å². The van der Waals surface area contributed by atoms with Crippen molar-refractivity contribution in [1.82, 2.24) is 4.98 Å². The normalized spacial score (nSPS) is 10.5. The lowest BCUT2D eigenvalue weighted by molar-refractivity contribution is 0.0524. The number of H-pyrrole nitrogens is 1. The van der Waals surface area contributed by atoms with Gasteiger partial charge >= 0.3 is 5.97 Å². The summed E-state index contributed by atoms with van der Waals surface area (Å²) < 4.78 is 4.81. The van der Waals surface area contributed by atoms with Gasteiger partial charge in [0.25, 0.3) is 0 Å². The predicted molar refractivity (Wildman–Crippen MR) is 67.8 cm³/mol. The largest absolute Gasteiger partial charge is 0.462 e. The van der Waals surface area contributed by atoms with E-state index in [1.54, 1.807) is 25.1 Å². The SMILES string of the molecule is CCOC(=O)c1c[nH]c2ccc(S)cc2c1=O. The van der Waals surface area contributed by atoms with Crippen molar-refractivity contribution in [3.05, 3.63) is 40.2 Å². The molecule has 4 nitrogen and oxygen atoms in total. The number of fused-ring (bicyclic) bond motifs is 1. The number of carbonyl (C=O) groups is 1. The average Bonchev–Trinajstić information content (AvgIpc) is 2.30. The smallest absolute Gasteiger partial charge is 0.343 e. The molecule has 5 heteroatoms. The van der Waals surface area contributed by atoms with Crippen LogP contribution in [-0.2, 0) is 4.74 Å². The highest BCUT2D eigenvalue weighted by Gasteiger charge is 2.13. The Morgan fingerprint density at radius 3 is 2.94 bits per heavy atom. The van der Waals surface area contributed by atoms with E-state index in [0.29, 0.717) is 15.8 Å². The van der Waals surface area contributed by atoms with E-state index >= 15 is 0 Å². The molecule has 1 heterocycles. The molecule has 0 saturated heterocycles. The van der Waals surface area contributed by atoms with Gasteiger partial charge < -0.3 is 9.72 Å². The molecule has 0 bridgehead atoms. The first-order chi connectivity index (χ1) is 8.13. The molecule has 17 heavy (non-hydrogen) atoms. The number of carbonyl (C=O) groups excluding carboxylic acids is 1. The van der Waals surface area contributed by atoms with Crippen LogP contribution in [-0.4, -0.2) is 17.6 Å². The van der Waals surface area contributed by atoms with E-state index in [4.69, 9.17) is 4.74 Å². The number of pyridine rings is 1. The lowest BCUT2D eigenvalue weighted by atomic mass is 10.1. The molecule has 0 aliphatic heterocycles. The highest BCUT2D eigenvalue weighted by atomic mass is 32.1. The summed E-state index contributed by atoms with van der Waals surface area (Å²) >= 11 is 4.17. The fourth-order valence-corrected chi connectivity index (χ4v) is 1.77. The van der Waals surface area contributed by atoms with Gasteiger partial charge in [-0.05, 0) is 25.1 Å². The van der Waals surface area contributed by atoms with E-state index in [0.717, 1.165) is 0 Å². The Morgan fingerprint density at radius 1 is 1.47 bits per heavy atom. The summed E-state index contributed by atoms with van der Waals surface area (Å²) in [6.07, 6.45) is 1.38. The van der Waals surface area contributed by atoms with Crippen LogP contribution in [0.1, 0.15) is 17.3 Å². The summed E-state index contributed by atoms with van der Waals surface area (Å²) in [6.45, 7) is 1.93. The second-order valence-corrected chi connectivity index (χ2v) is 4.00. The minimum absolute atomic E-state index is 0.0123. The summed E-state index contributed by atoms with van der Waals surface area (Å²) in [5, 5.41) is 0.433. The van der Waals surface area contributed by atoms with Gasteiger partial charge in [-0.1, -0.05) is 0 Å². The molecule has 0 fully saturated rings. The first-order valence-corrected chi connectivity index (χ1v) is 5.59. The highest BCUT2D eigenvalue weighted by Crippen LogP contribution is 2.13. The molecule has 0 amide bonds. The Morgan fingerprint density at radius 2 is 2.24 bits per heavy atom. The van der Waals surface area contributed by atoms with E-state index in [1.807, 2.05) is 0 Å². The molecule has 1 aromatic carbocycles. The number of thiol groups is 1. The van der Waals surface area contributed by atoms with Crippen molar-refractivity contribution in [2.75, 3.05) is 6.61 Å². The van der Waals surface area contributed by atoms with Crippen LogP contribution in [0.25, 0.3) is 10.9 Å². The van der Waals surface area contributed by atoms with Crippen molar-refractivity contribution >= 4 is 29.5 Å². The number of hydrogen-bond donors (Lipinski definition) is 2. The van der Waals surface area contributed by atoms with E-state index in [2.05, 4.69) is 17.6 Å². The number of hydrogen-bond acceptors (Lipinski definition) is 4. The van der Waals surface area contributed by atoms with Gasteiger partial charge in [-0.25, -0.2) is 4.79 Å². The van der Waals surface area contributed by atoms with Gasteiger partial charge in [0, 0.05) is 22.0 Å². The molecule has 0 aliphatic carbocycles. The maximum Gasteiger partial charge on any atom is 0.343 e. The highest BCUT2D eigenvalue weighted by molar-refractivity contribution is 7.80. The van der Waals surface area contributed by atoms with Gasteiger partial charge in [-0.2, -0.15) is 0 Å². The second kappa shape index (κ2) is 4.63. The average molecular weight is 249 g/mol. The van der Waals surface area contributed by atoms with Gasteiger partial charge in [-0.3, -0.25) is 4.79 Å². The molecular formula is C12H11NO3S. The lowest BCUT2D eigenvalue weighted by Gasteiger charge is -2.03. The van der Waals surface area contributed by atoms with Crippen molar-refractivity contribution in [2.45, 2.75) is 11.8 Å². The molecular weight excluding hydrogens is 238 g/mol. The Bertz CT molecular complexity index is 633. The van der Waals surface area contributed by atoms with E-state index in [-0.39, 0.29) is 17.6 Å². The molecule has 2 rings (SSSR count). The first kappa shape index (κ1) is 11.7. The third-order valence-electron chi connectivity index (χ3n) is 2.36. The number of aromatic amines is 1. The number of benzene rings is 1. The third-order valence-corrected chi connectivity index (χ3v) is 2.64. The molecule has 1 aromatic heterocycles. The summed E-state index contributed by atoms with van der Waals surface area (Å²) in [5.41, 5.74) is 0.340. The van der Waals surface area contributed by atoms with E-state index in [9.17, 15) is 9.59 Å². The number of aromatic nitrogens is 1. The number of esters is 1.